The summed E-state index contributed by atoms with van der Waals surface area (Å²) in [6.45, 7) is 3.26. The van der Waals surface area contributed by atoms with Gasteiger partial charge in [0.1, 0.15) is 12.4 Å². The predicted molar refractivity (Wildman–Crippen MR) is 125 cm³/mol. The van der Waals surface area contributed by atoms with Crippen LogP contribution in [0.5, 0.6) is 0 Å². The molecule has 0 aliphatic carbocycles. The number of carbonyl (C=O) groups is 1. The van der Waals surface area contributed by atoms with E-state index in [9.17, 15) is 17.6 Å². The molecule has 0 saturated carbocycles. The Balaban J connectivity index is 1.94. The summed E-state index contributed by atoms with van der Waals surface area (Å²) in [5, 5.41) is 2.76. The number of carbonyl (C=O) groups excluding carboxylic acids is 1. The van der Waals surface area contributed by atoms with Gasteiger partial charge in [0, 0.05) is 9.26 Å². The van der Waals surface area contributed by atoms with Crippen LogP contribution in [0.3, 0.4) is 0 Å². The molecule has 0 aliphatic heterocycles. The van der Waals surface area contributed by atoms with Gasteiger partial charge in [-0.25, -0.2) is 12.8 Å². The Morgan fingerprint density at radius 1 is 1.00 bits per heavy atom. The van der Waals surface area contributed by atoms with Gasteiger partial charge in [0.15, 0.2) is 0 Å². The summed E-state index contributed by atoms with van der Waals surface area (Å²) in [4.78, 5) is 12.8. The first-order chi connectivity index (χ1) is 14.2. The highest BCUT2D eigenvalue weighted by atomic mass is 127. The van der Waals surface area contributed by atoms with E-state index < -0.39 is 28.3 Å². The standard InChI is InChI=1S/C22H20FIN2O3S/c1-15-3-10-20(11-4-15)30(28,29)26(19-8-5-17(23)6-9-19)14-22(27)25-21-12-7-18(24)13-16(21)2/h3-13H,14H2,1-2H3,(H,25,27). The fourth-order valence-electron chi connectivity index (χ4n) is 2.85. The Bertz CT molecular complexity index is 1160. The lowest BCUT2D eigenvalue weighted by atomic mass is 10.2. The lowest BCUT2D eigenvalue weighted by Gasteiger charge is -2.24. The molecule has 5 nitrogen and oxygen atoms in total. The van der Waals surface area contributed by atoms with E-state index in [2.05, 4.69) is 27.9 Å². The summed E-state index contributed by atoms with van der Waals surface area (Å²) in [5.41, 5.74) is 2.58. The molecule has 0 aliphatic rings. The van der Waals surface area contributed by atoms with E-state index in [0.717, 1.165) is 31.1 Å². The van der Waals surface area contributed by atoms with Gasteiger partial charge in [-0.1, -0.05) is 17.7 Å². The van der Waals surface area contributed by atoms with Gasteiger partial charge in [-0.2, -0.15) is 0 Å². The molecule has 0 heterocycles. The number of aryl methyl sites for hydroxylation is 2. The van der Waals surface area contributed by atoms with Gasteiger partial charge in [0.2, 0.25) is 5.91 Å². The van der Waals surface area contributed by atoms with E-state index >= 15 is 0 Å². The Morgan fingerprint density at radius 2 is 1.63 bits per heavy atom. The van der Waals surface area contributed by atoms with Gasteiger partial charge in [0.25, 0.3) is 10.0 Å². The number of anilines is 2. The highest BCUT2D eigenvalue weighted by Crippen LogP contribution is 2.25. The average Bonchev–Trinajstić information content (AvgIpc) is 2.69. The minimum Gasteiger partial charge on any atom is -0.324 e. The number of sulfonamides is 1. The monoisotopic (exact) mass is 538 g/mol. The van der Waals surface area contributed by atoms with Crippen LogP contribution in [-0.4, -0.2) is 20.9 Å². The van der Waals surface area contributed by atoms with Gasteiger partial charge in [-0.05, 0) is 96.6 Å². The summed E-state index contributed by atoms with van der Waals surface area (Å²) in [6.07, 6.45) is 0. The number of benzene rings is 3. The molecule has 0 radical (unpaired) electrons. The summed E-state index contributed by atoms with van der Waals surface area (Å²) in [7, 11) is -4.04. The third-order valence-electron chi connectivity index (χ3n) is 4.47. The fourth-order valence-corrected chi connectivity index (χ4v) is 4.92. The number of hydrogen-bond acceptors (Lipinski definition) is 3. The topological polar surface area (TPSA) is 66.5 Å². The van der Waals surface area contributed by atoms with Crippen LogP contribution in [0.4, 0.5) is 15.8 Å². The van der Waals surface area contributed by atoms with E-state index in [1.54, 1.807) is 18.2 Å². The molecule has 8 heteroatoms. The quantitative estimate of drug-likeness (QED) is 0.455. The van der Waals surface area contributed by atoms with Gasteiger partial charge in [-0.15, -0.1) is 0 Å². The Labute approximate surface area is 189 Å². The third-order valence-corrected chi connectivity index (χ3v) is 6.93. The lowest BCUT2D eigenvalue weighted by Crippen LogP contribution is -2.38. The smallest absolute Gasteiger partial charge is 0.264 e. The lowest BCUT2D eigenvalue weighted by molar-refractivity contribution is -0.114. The van der Waals surface area contributed by atoms with Crippen LogP contribution in [0.2, 0.25) is 0 Å². The van der Waals surface area contributed by atoms with Crippen LogP contribution in [0.25, 0.3) is 0 Å². The van der Waals surface area contributed by atoms with Crippen LogP contribution in [0, 0.1) is 23.2 Å². The van der Waals surface area contributed by atoms with Crippen molar-refractivity contribution in [3.05, 3.63) is 87.2 Å². The zero-order valence-corrected chi connectivity index (χ0v) is 19.4. The van der Waals surface area contributed by atoms with Crippen molar-refractivity contribution in [2.24, 2.45) is 0 Å². The van der Waals surface area contributed by atoms with E-state index in [-0.39, 0.29) is 10.6 Å². The van der Waals surface area contributed by atoms with Crippen LogP contribution in [0.15, 0.2) is 71.6 Å². The van der Waals surface area contributed by atoms with E-state index in [1.165, 1.54) is 24.3 Å². The SMILES string of the molecule is Cc1ccc(S(=O)(=O)N(CC(=O)Nc2ccc(I)cc2C)c2ccc(F)cc2)cc1. The van der Waals surface area contributed by atoms with Crippen LogP contribution in [-0.2, 0) is 14.8 Å². The zero-order valence-electron chi connectivity index (χ0n) is 16.4. The van der Waals surface area contributed by atoms with Crippen molar-refractivity contribution in [1.29, 1.82) is 0 Å². The summed E-state index contributed by atoms with van der Waals surface area (Å²) in [5.74, 6) is -0.996. The second kappa shape index (κ2) is 9.13. The summed E-state index contributed by atoms with van der Waals surface area (Å²) in [6, 6.07) is 16.9. The first-order valence-corrected chi connectivity index (χ1v) is 11.6. The molecule has 156 valence electrons. The van der Waals surface area contributed by atoms with Crippen molar-refractivity contribution < 1.29 is 17.6 Å². The molecule has 0 aromatic heterocycles. The molecule has 3 aromatic rings. The molecule has 0 saturated heterocycles. The van der Waals surface area contributed by atoms with Gasteiger partial charge in [0.05, 0.1) is 10.6 Å². The maximum absolute atomic E-state index is 13.4. The van der Waals surface area contributed by atoms with Crippen molar-refractivity contribution in [1.82, 2.24) is 0 Å². The summed E-state index contributed by atoms with van der Waals surface area (Å²) >= 11 is 2.17. The fraction of sp³-hybridized carbons (Fsp3) is 0.136. The molecule has 0 bridgehead atoms. The number of nitrogens with one attached hydrogen (secondary N) is 1. The van der Waals surface area contributed by atoms with Crippen LogP contribution in [0.1, 0.15) is 11.1 Å². The minimum atomic E-state index is -4.04. The first-order valence-electron chi connectivity index (χ1n) is 9.08. The second-order valence-corrected chi connectivity index (χ2v) is 9.92. The average molecular weight is 538 g/mol. The number of hydrogen-bond donors (Lipinski definition) is 1. The predicted octanol–water partition coefficient (Wildman–Crippen LogP) is 4.88. The molecule has 0 fully saturated rings. The molecule has 30 heavy (non-hydrogen) atoms. The highest BCUT2D eigenvalue weighted by Gasteiger charge is 2.27. The molecule has 1 N–H and O–H groups in total. The van der Waals surface area contributed by atoms with Crippen LogP contribution >= 0.6 is 22.6 Å². The number of nitrogens with zero attached hydrogens (tertiary/aromatic N) is 1. The largest absolute Gasteiger partial charge is 0.324 e. The van der Waals surface area contributed by atoms with Crippen LogP contribution < -0.4 is 9.62 Å². The Kier molecular flexibility index (Phi) is 6.77. The number of amides is 1. The highest BCUT2D eigenvalue weighted by molar-refractivity contribution is 14.1. The first kappa shape index (κ1) is 22.2. The summed E-state index contributed by atoms with van der Waals surface area (Å²) < 4.78 is 42.0. The Morgan fingerprint density at radius 3 is 2.23 bits per heavy atom. The minimum absolute atomic E-state index is 0.0515. The molecule has 3 aromatic carbocycles. The van der Waals surface area contributed by atoms with E-state index in [4.69, 9.17) is 0 Å². The normalized spacial score (nSPS) is 11.2. The van der Waals surface area contributed by atoms with E-state index in [1.807, 2.05) is 26.0 Å². The maximum atomic E-state index is 13.4. The van der Waals surface area contributed by atoms with Crippen molar-refractivity contribution >= 4 is 49.9 Å². The van der Waals surface area contributed by atoms with Gasteiger partial charge < -0.3 is 5.32 Å². The number of halogens is 2. The molecule has 1 amide bonds. The maximum Gasteiger partial charge on any atom is 0.264 e. The molecule has 0 spiro atoms. The van der Waals surface area contributed by atoms with E-state index in [0.29, 0.717) is 5.69 Å². The van der Waals surface area contributed by atoms with Gasteiger partial charge >= 0.3 is 0 Å². The second-order valence-electron chi connectivity index (χ2n) is 6.81. The van der Waals surface area contributed by atoms with Crippen molar-refractivity contribution in [3.8, 4) is 0 Å². The molecular weight excluding hydrogens is 518 g/mol. The molecule has 3 rings (SSSR count). The molecule has 0 unspecified atom stereocenters. The zero-order chi connectivity index (χ0) is 21.9. The van der Waals surface area contributed by atoms with Gasteiger partial charge in [-0.3, -0.25) is 9.10 Å². The van der Waals surface area contributed by atoms with Crippen molar-refractivity contribution in [3.63, 3.8) is 0 Å². The van der Waals surface area contributed by atoms with Crippen molar-refractivity contribution in [2.75, 3.05) is 16.2 Å². The molecular formula is C22H20FIN2O3S. The van der Waals surface area contributed by atoms with Crippen molar-refractivity contribution in [2.45, 2.75) is 18.7 Å². The third kappa shape index (κ3) is 5.17. The number of rotatable bonds is 6. The Hall–Kier alpha value is -2.46. The molecule has 0 atom stereocenters.